The number of carbonyl (C=O) groups excluding carboxylic acids is 1. The Morgan fingerprint density at radius 2 is 2.26 bits per heavy atom. The van der Waals surface area contributed by atoms with Crippen molar-refractivity contribution in [2.24, 2.45) is 0 Å². The van der Waals surface area contributed by atoms with E-state index in [0.717, 1.165) is 25.7 Å². The number of amides is 1. The maximum absolute atomic E-state index is 10.8. The molecule has 0 aromatic heterocycles. The van der Waals surface area contributed by atoms with Crippen molar-refractivity contribution in [2.45, 2.75) is 43.6 Å². The minimum absolute atomic E-state index is 0.0220. The lowest BCUT2D eigenvalue weighted by Gasteiger charge is -2.21. The lowest BCUT2D eigenvalue weighted by atomic mass is 10.2. The van der Waals surface area contributed by atoms with Crippen LogP contribution in [-0.4, -0.2) is 53.5 Å². The zero-order chi connectivity index (χ0) is 13.7. The van der Waals surface area contributed by atoms with Gasteiger partial charge in [0.15, 0.2) is 5.79 Å². The number of thioether (sulfide) groups is 1. The smallest absolute Gasteiger partial charge is 0.327 e. The molecule has 1 heterocycles. The third-order valence-corrected chi connectivity index (χ3v) is 4.61. The maximum atomic E-state index is 10.8. The predicted molar refractivity (Wildman–Crippen MR) is 70.0 cm³/mol. The molecule has 19 heavy (non-hydrogen) atoms. The van der Waals surface area contributed by atoms with E-state index in [2.05, 4.69) is 5.32 Å². The Kier molecular flexibility index (Phi) is 5.06. The van der Waals surface area contributed by atoms with Gasteiger partial charge in [-0.25, -0.2) is 4.79 Å². The van der Waals surface area contributed by atoms with Gasteiger partial charge in [-0.3, -0.25) is 4.79 Å². The third kappa shape index (κ3) is 3.84. The summed E-state index contributed by atoms with van der Waals surface area (Å²) in [7, 11) is 0. The fourth-order valence-corrected chi connectivity index (χ4v) is 3.50. The normalized spacial score (nSPS) is 26.4. The van der Waals surface area contributed by atoms with E-state index in [1.807, 2.05) is 0 Å². The molecule has 1 amide bonds. The molecule has 1 spiro atoms. The second-order valence-electron chi connectivity index (χ2n) is 4.88. The molecule has 1 saturated heterocycles. The summed E-state index contributed by atoms with van der Waals surface area (Å²) in [6.45, 7) is 0.575. The topological polar surface area (TPSA) is 84.9 Å². The highest BCUT2D eigenvalue weighted by molar-refractivity contribution is 7.99. The SMILES string of the molecule is O=CNC(CSCC1COC2(CCCC2)O1)C(=O)O. The monoisotopic (exact) mass is 289 g/mol. The second-order valence-corrected chi connectivity index (χ2v) is 5.96. The molecule has 0 aromatic carbocycles. The lowest BCUT2D eigenvalue weighted by Crippen LogP contribution is -2.38. The molecule has 0 bridgehead atoms. The molecule has 0 radical (unpaired) electrons. The molecule has 2 rings (SSSR count). The van der Waals surface area contributed by atoms with Crippen molar-refractivity contribution in [1.29, 1.82) is 0 Å². The molecule has 7 heteroatoms. The van der Waals surface area contributed by atoms with Gasteiger partial charge in [-0.15, -0.1) is 0 Å². The number of nitrogens with one attached hydrogen (secondary N) is 1. The van der Waals surface area contributed by atoms with Gasteiger partial charge in [-0.2, -0.15) is 11.8 Å². The number of hydrogen-bond donors (Lipinski definition) is 2. The first kappa shape index (κ1) is 14.6. The number of carbonyl (C=O) groups is 2. The Morgan fingerprint density at radius 3 is 2.89 bits per heavy atom. The van der Waals surface area contributed by atoms with Gasteiger partial charge in [-0.1, -0.05) is 0 Å². The highest BCUT2D eigenvalue weighted by atomic mass is 32.2. The molecule has 2 aliphatic rings. The standard InChI is InChI=1S/C12H19NO5S/c14-8-13-10(11(15)16)7-19-6-9-5-17-12(18-9)3-1-2-4-12/h8-10H,1-7H2,(H,13,14)(H,15,16). The molecule has 1 aliphatic heterocycles. The summed E-state index contributed by atoms with van der Waals surface area (Å²) in [6, 6.07) is -0.842. The molecule has 2 unspecified atom stereocenters. The average molecular weight is 289 g/mol. The summed E-state index contributed by atoms with van der Waals surface area (Å²) in [6.07, 6.45) is 4.64. The van der Waals surface area contributed by atoms with Crippen LogP contribution in [-0.2, 0) is 19.1 Å². The lowest BCUT2D eigenvalue weighted by molar-refractivity contribution is -0.159. The number of hydrogen-bond acceptors (Lipinski definition) is 5. The Hall–Kier alpha value is -0.790. The van der Waals surface area contributed by atoms with Crippen LogP contribution >= 0.6 is 11.8 Å². The van der Waals surface area contributed by atoms with Crippen LogP contribution in [0.5, 0.6) is 0 Å². The molecular formula is C12H19NO5S. The highest BCUT2D eigenvalue weighted by Gasteiger charge is 2.43. The van der Waals surface area contributed by atoms with E-state index in [4.69, 9.17) is 14.6 Å². The van der Waals surface area contributed by atoms with Gasteiger partial charge in [0.25, 0.3) is 0 Å². The van der Waals surface area contributed by atoms with Crippen LogP contribution in [0.1, 0.15) is 25.7 Å². The van der Waals surface area contributed by atoms with E-state index in [1.165, 1.54) is 11.8 Å². The molecule has 2 N–H and O–H groups in total. The number of ether oxygens (including phenoxy) is 2. The first-order valence-electron chi connectivity index (χ1n) is 6.47. The van der Waals surface area contributed by atoms with E-state index in [0.29, 0.717) is 24.5 Å². The number of aliphatic carboxylic acids is 1. The summed E-state index contributed by atoms with van der Waals surface area (Å²) in [5.74, 6) is -0.360. The van der Waals surface area contributed by atoms with Crippen molar-refractivity contribution in [3.63, 3.8) is 0 Å². The van der Waals surface area contributed by atoms with Gasteiger partial charge < -0.3 is 19.9 Å². The van der Waals surface area contributed by atoms with Crippen LogP contribution in [0, 0.1) is 0 Å². The van der Waals surface area contributed by atoms with Gasteiger partial charge in [0.05, 0.1) is 12.7 Å². The average Bonchev–Trinajstić information content (AvgIpc) is 2.99. The Balaban J connectivity index is 1.68. The summed E-state index contributed by atoms with van der Waals surface area (Å²) >= 11 is 1.46. The van der Waals surface area contributed by atoms with Crippen molar-refractivity contribution in [3.05, 3.63) is 0 Å². The number of carboxylic acids is 1. The first-order valence-corrected chi connectivity index (χ1v) is 7.63. The number of carboxylic acid groups (broad SMARTS) is 1. The minimum atomic E-state index is -1.02. The fraction of sp³-hybridized carbons (Fsp3) is 0.833. The van der Waals surface area contributed by atoms with Crippen LogP contribution in [0.2, 0.25) is 0 Å². The summed E-state index contributed by atoms with van der Waals surface area (Å²) in [5.41, 5.74) is 0. The van der Waals surface area contributed by atoms with Crippen molar-refractivity contribution < 1.29 is 24.2 Å². The molecule has 6 nitrogen and oxygen atoms in total. The maximum Gasteiger partial charge on any atom is 0.327 e. The van der Waals surface area contributed by atoms with Crippen molar-refractivity contribution >= 4 is 24.1 Å². The van der Waals surface area contributed by atoms with Gasteiger partial charge in [-0.05, 0) is 12.8 Å². The Morgan fingerprint density at radius 1 is 1.53 bits per heavy atom. The van der Waals surface area contributed by atoms with E-state index in [-0.39, 0.29) is 11.9 Å². The second kappa shape index (κ2) is 6.58. The largest absolute Gasteiger partial charge is 0.480 e. The summed E-state index contributed by atoms with van der Waals surface area (Å²) < 4.78 is 11.7. The van der Waals surface area contributed by atoms with Gasteiger partial charge in [0.2, 0.25) is 6.41 Å². The molecule has 108 valence electrons. The fourth-order valence-electron chi connectivity index (χ4n) is 2.46. The zero-order valence-electron chi connectivity index (χ0n) is 10.7. The molecule has 1 aliphatic carbocycles. The summed E-state index contributed by atoms with van der Waals surface area (Å²) in [5, 5.41) is 11.2. The van der Waals surface area contributed by atoms with Crippen LogP contribution in [0.15, 0.2) is 0 Å². The molecule has 0 aromatic rings. The summed E-state index contributed by atoms with van der Waals surface area (Å²) in [4.78, 5) is 21.1. The molecular weight excluding hydrogens is 270 g/mol. The van der Waals surface area contributed by atoms with Gasteiger partial charge in [0.1, 0.15) is 6.04 Å². The molecule has 2 atom stereocenters. The molecule has 1 saturated carbocycles. The minimum Gasteiger partial charge on any atom is -0.480 e. The van der Waals surface area contributed by atoms with Gasteiger partial charge in [0, 0.05) is 24.3 Å². The van der Waals surface area contributed by atoms with Crippen LogP contribution in [0.25, 0.3) is 0 Å². The zero-order valence-corrected chi connectivity index (χ0v) is 11.5. The Bertz CT molecular complexity index is 332. The van der Waals surface area contributed by atoms with Crippen LogP contribution < -0.4 is 5.32 Å². The highest BCUT2D eigenvalue weighted by Crippen LogP contribution is 2.39. The van der Waals surface area contributed by atoms with E-state index in [1.54, 1.807) is 0 Å². The van der Waals surface area contributed by atoms with Crippen LogP contribution in [0.3, 0.4) is 0 Å². The predicted octanol–water partition coefficient (Wildman–Crippen LogP) is 0.604. The molecule has 2 fully saturated rings. The van der Waals surface area contributed by atoms with Crippen molar-refractivity contribution in [3.8, 4) is 0 Å². The van der Waals surface area contributed by atoms with E-state index < -0.39 is 12.0 Å². The third-order valence-electron chi connectivity index (χ3n) is 3.43. The van der Waals surface area contributed by atoms with Gasteiger partial charge >= 0.3 is 5.97 Å². The van der Waals surface area contributed by atoms with Crippen molar-refractivity contribution in [2.75, 3.05) is 18.1 Å². The van der Waals surface area contributed by atoms with E-state index >= 15 is 0 Å². The van der Waals surface area contributed by atoms with Crippen molar-refractivity contribution in [1.82, 2.24) is 5.32 Å². The number of rotatable bonds is 7. The quantitative estimate of drug-likeness (QED) is 0.668. The Labute approximate surface area is 116 Å². The van der Waals surface area contributed by atoms with Crippen LogP contribution in [0.4, 0.5) is 0 Å². The first-order chi connectivity index (χ1) is 9.15. The van der Waals surface area contributed by atoms with E-state index in [9.17, 15) is 9.59 Å².